The molecule has 134 valence electrons. The van der Waals surface area contributed by atoms with Crippen LogP contribution >= 0.6 is 35.3 Å². The van der Waals surface area contributed by atoms with Crippen molar-refractivity contribution in [1.82, 2.24) is 14.9 Å². The summed E-state index contributed by atoms with van der Waals surface area (Å²) in [6, 6.07) is 12.4. The van der Waals surface area contributed by atoms with E-state index in [4.69, 9.17) is 5.73 Å². The van der Waals surface area contributed by atoms with Crippen molar-refractivity contribution >= 4 is 52.3 Å². The number of para-hydroxylation sites is 2. The van der Waals surface area contributed by atoms with Crippen LogP contribution in [0.4, 0.5) is 0 Å². The van der Waals surface area contributed by atoms with E-state index in [9.17, 15) is 0 Å². The molecule has 0 atom stereocenters. The lowest BCUT2D eigenvalue weighted by Gasteiger charge is -2.07. The maximum atomic E-state index is 5.92. The number of rotatable bonds is 7. The zero-order valence-corrected chi connectivity index (χ0v) is 17.5. The predicted octanol–water partition coefficient (Wildman–Crippen LogP) is 3.56. The van der Waals surface area contributed by atoms with Crippen molar-refractivity contribution in [1.29, 1.82) is 0 Å². The molecule has 0 fully saturated rings. The molecule has 0 amide bonds. The minimum absolute atomic E-state index is 0. The Balaban J connectivity index is 0.00000225. The Labute approximate surface area is 169 Å². The Kier molecular flexibility index (Phi) is 7.70. The Morgan fingerprint density at radius 2 is 2.12 bits per heavy atom. The number of guanidine groups is 1. The SMILES string of the molecule is Cc1nc2ccccc2n1CCCN=C(N)NCCc1cccs1.I. The number of nitrogens with zero attached hydrogens (tertiary/aromatic N) is 3. The fourth-order valence-electron chi connectivity index (χ4n) is 2.73. The molecule has 1 aromatic carbocycles. The van der Waals surface area contributed by atoms with Gasteiger partial charge < -0.3 is 15.6 Å². The zero-order valence-electron chi connectivity index (χ0n) is 14.3. The van der Waals surface area contributed by atoms with Crippen molar-refractivity contribution in [3.8, 4) is 0 Å². The van der Waals surface area contributed by atoms with Gasteiger partial charge in [-0.2, -0.15) is 0 Å². The maximum absolute atomic E-state index is 5.92. The lowest BCUT2D eigenvalue weighted by molar-refractivity contribution is 0.647. The molecule has 3 rings (SSSR count). The van der Waals surface area contributed by atoms with Gasteiger partial charge in [-0.15, -0.1) is 35.3 Å². The number of hydrogen-bond donors (Lipinski definition) is 2. The van der Waals surface area contributed by atoms with Crippen molar-refractivity contribution in [2.75, 3.05) is 13.1 Å². The minimum Gasteiger partial charge on any atom is -0.370 e. The molecule has 0 saturated carbocycles. The van der Waals surface area contributed by atoms with Crippen molar-refractivity contribution in [3.63, 3.8) is 0 Å². The van der Waals surface area contributed by atoms with Crippen LogP contribution in [0.5, 0.6) is 0 Å². The third-order valence-corrected chi connectivity index (χ3v) is 4.86. The van der Waals surface area contributed by atoms with Crippen LogP contribution in [0.3, 0.4) is 0 Å². The highest BCUT2D eigenvalue weighted by Crippen LogP contribution is 2.15. The molecule has 5 nitrogen and oxygen atoms in total. The Morgan fingerprint density at radius 1 is 1.28 bits per heavy atom. The lowest BCUT2D eigenvalue weighted by Crippen LogP contribution is -2.33. The molecule has 0 bridgehead atoms. The third-order valence-electron chi connectivity index (χ3n) is 3.93. The molecule has 7 heteroatoms. The molecule has 0 aliphatic heterocycles. The van der Waals surface area contributed by atoms with Crippen molar-refractivity contribution in [2.45, 2.75) is 26.3 Å². The van der Waals surface area contributed by atoms with Crippen LogP contribution in [-0.2, 0) is 13.0 Å². The van der Waals surface area contributed by atoms with Gasteiger partial charge in [-0.1, -0.05) is 18.2 Å². The number of nitrogens with two attached hydrogens (primary N) is 1. The number of imidazole rings is 1. The van der Waals surface area contributed by atoms with E-state index in [0.717, 1.165) is 37.3 Å². The highest BCUT2D eigenvalue weighted by molar-refractivity contribution is 14.0. The molecule has 0 saturated heterocycles. The van der Waals surface area contributed by atoms with Crippen LogP contribution in [0.2, 0.25) is 0 Å². The van der Waals surface area contributed by atoms with Crippen molar-refractivity contribution in [3.05, 3.63) is 52.5 Å². The minimum atomic E-state index is 0. The van der Waals surface area contributed by atoms with Gasteiger partial charge in [0.1, 0.15) is 5.82 Å². The summed E-state index contributed by atoms with van der Waals surface area (Å²) in [5.74, 6) is 1.57. The van der Waals surface area contributed by atoms with Gasteiger partial charge in [-0.3, -0.25) is 4.99 Å². The second-order valence-corrected chi connectivity index (χ2v) is 6.71. The van der Waals surface area contributed by atoms with Gasteiger partial charge in [0.2, 0.25) is 0 Å². The van der Waals surface area contributed by atoms with Crippen LogP contribution in [-0.4, -0.2) is 28.6 Å². The van der Waals surface area contributed by atoms with E-state index in [0.29, 0.717) is 12.5 Å². The number of fused-ring (bicyclic) bond motifs is 1. The predicted molar refractivity (Wildman–Crippen MR) is 117 cm³/mol. The molecule has 3 N–H and O–H groups in total. The molecule has 3 aromatic rings. The zero-order chi connectivity index (χ0) is 16.8. The second kappa shape index (κ2) is 9.76. The summed E-state index contributed by atoms with van der Waals surface area (Å²) in [6.07, 6.45) is 1.92. The average molecular weight is 469 g/mol. The van der Waals surface area contributed by atoms with Crippen LogP contribution in [0.25, 0.3) is 11.0 Å². The number of benzene rings is 1. The highest BCUT2D eigenvalue weighted by atomic mass is 127. The first-order chi connectivity index (χ1) is 11.7. The fourth-order valence-corrected chi connectivity index (χ4v) is 3.44. The number of thiophene rings is 1. The molecule has 0 unspecified atom stereocenters. The molecule has 2 heterocycles. The molecule has 0 spiro atoms. The van der Waals surface area contributed by atoms with Crippen molar-refractivity contribution < 1.29 is 0 Å². The first-order valence-corrected chi connectivity index (χ1v) is 9.10. The van der Waals surface area contributed by atoms with E-state index >= 15 is 0 Å². The van der Waals surface area contributed by atoms with E-state index in [1.165, 1.54) is 10.4 Å². The van der Waals surface area contributed by atoms with E-state index in [2.05, 4.69) is 43.4 Å². The van der Waals surface area contributed by atoms with E-state index in [1.54, 1.807) is 11.3 Å². The number of aliphatic imine (C=N–C) groups is 1. The van der Waals surface area contributed by atoms with Crippen LogP contribution in [0.15, 0.2) is 46.8 Å². The van der Waals surface area contributed by atoms with E-state index < -0.39 is 0 Å². The van der Waals surface area contributed by atoms with Gasteiger partial charge >= 0.3 is 0 Å². The summed E-state index contributed by atoms with van der Waals surface area (Å²) < 4.78 is 2.24. The van der Waals surface area contributed by atoms with Crippen LogP contribution in [0.1, 0.15) is 17.1 Å². The summed E-state index contributed by atoms with van der Waals surface area (Å²) in [4.78, 5) is 10.3. The summed E-state index contributed by atoms with van der Waals surface area (Å²) >= 11 is 1.77. The monoisotopic (exact) mass is 469 g/mol. The summed E-state index contributed by atoms with van der Waals surface area (Å²) in [7, 11) is 0. The molecule has 0 radical (unpaired) electrons. The van der Waals surface area contributed by atoms with Crippen molar-refractivity contribution in [2.24, 2.45) is 10.7 Å². The lowest BCUT2D eigenvalue weighted by atomic mass is 10.3. The summed E-state index contributed by atoms with van der Waals surface area (Å²) in [5.41, 5.74) is 8.15. The van der Waals surface area contributed by atoms with E-state index in [-0.39, 0.29) is 24.0 Å². The second-order valence-electron chi connectivity index (χ2n) is 5.68. The van der Waals surface area contributed by atoms with Gasteiger partial charge in [-0.25, -0.2) is 4.98 Å². The molecular weight excluding hydrogens is 445 g/mol. The van der Waals surface area contributed by atoms with Gasteiger partial charge in [0.25, 0.3) is 0 Å². The number of halogens is 1. The van der Waals surface area contributed by atoms with Gasteiger partial charge in [-0.05, 0) is 43.3 Å². The van der Waals surface area contributed by atoms with Gasteiger partial charge in [0.05, 0.1) is 11.0 Å². The largest absolute Gasteiger partial charge is 0.370 e. The third kappa shape index (κ3) is 5.43. The number of aromatic nitrogens is 2. The number of aryl methyl sites for hydroxylation is 2. The van der Waals surface area contributed by atoms with Gasteiger partial charge in [0, 0.05) is 24.5 Å². The van der Waals surface area contributed by atoms with Gasteiger partial charge in [0.15, 0.2) is 5.96 Å². The quantitative estimate of drug-likeness (QED) is 0.241. The molecular formula is C18H24IN5S. The number of nitrogens with one attached hydrogen (secondary N) is 1. The fraction of sp³-hybridized carbons (Fsp3) is 0.333. The topological polar surface area (TPSA) is 68.2 Å². The summed E-state index contributed by atoms with van der Waals surface area (Å²) in [6.45, 7) is 4.48. The first kappa shape index (κ1) is 19.7. The molecule has 0 aliphatic rings. The molecule has 2 aromatic heterocycles. The van der Waals surface area contributed by atoms with Crippen LogP contribution < -0.4 is 11.1 Å². The van der Waals surface area contributed by atoms with E-state index in [1.807, 2.05) is 25.1 Å². The normalized spacial score (nSPS) is 11.5. The summed E-state index contributed by atoms with van der Waals surface area (Å²) in [5, 5.41) is 5.26. The molecule has 25 heavy (non-hydrogen) atoms. The van der Waals surface area contributed by atoms with Crippen LogP contribution in [0, 0.1) is 6.92 Å². The Morgan fingerprint density at radius 3 is 2.92 bits per heavy atom. The Hall–Kier alpha value is -1.61. The molecule has 0 aliphatic carbocycles. The highest BCUT2D eigenvalue weighted by Gasteiger charge is 2.05. The maximum Gasteiger partial charge on any atom is 0.188 e. The Bertz CT molecular complexity index is 810. The smallest absolute Gasteiger partial charge is 0.188 e. The first-order valence-electron chi connectivity index (χ1n) is 8.22. The number of hydrogen-bond acceptors (Lipinski definition) is 3. The average Bonchev–Trinajstić information content (AvgIpc) is 3.19. The standard InChI is InChI=1S/C18H23N5S.HI/c1-14-22-16-7-2-3-8-17(16)23(14)12-5-10-20-18(19)21-11-9-15-6-4-13-24-15;/h2-4,6-8,13H,5,9-12H2,1H3,(H3,19,20,21);1H.